The van der Waals surface area contributed by atoms with Crippen LogP contribution in [0, 0.1) is 12.4 Å². The maximum Gasteiger partial charge on any atom is 0.346 e. The number of halogens is 1. The Morgan fingerprint density at radius 1 is 1.22 bits per heavy atom. The van der Waals surface area contributed by atoms with Gasteiger partial charge < -0.3 is 23.7 Å². The Morgan fingerprint density at radius 2 is 2.07 bits per heavy atom. The van der Waals surface area contributed by atoms with Crippen LogP contribution in [0.1, 0.15) is 27.5 Å². The largest absolute Gasteiger partial charge is 0.477 e. The van der Waals surface area contributed by atoms with Gasteiger partial charge in [0, 0.05) is 36.1 Å². The molecule has 0 bridgehead atoms. The molecule has 206 valence electrons. The number of aromatic carboxylic acids is 1. The van der Waals surface area contributed by atoms with E-state index in [1.165, 1.54) is 22.8 Å². The number of ether oxygens (including phenoxy) is 2. The van der Waals surface area contributed by atoms with Crippen molar-refractivity contribution in [2.24, 2.45) is 0 Å². The molecule has 1 aliphatic rings. The first-order valence-electron chi connectivity index (χ1n) is 12.7. The summed E-state index contributed by atoms with van der Waals surface area (Å²) in [5.74, 6) is -0.625. The van der Waals surface area contributed by atoms with Crippen molar-refractivity contribution in [1.82, 2.24) is 19.1 Å². The molecule has 0 saturated carbocycles. The molecule has 1 aromatic carbocycles. The average molecular weight is 572 g/mol. The van der Waals surface area contributed by atoms with Gasteiger partial charge in [-0.15, -0.1) is 11.3 Å². The molecule has 1 aliphatic heterocycles. The lowest BCUT2D eigenvalue weighted by Crippen LogP contribution is -2.32. The highest BCUT2D eigenvalue weighted by atomic mass is 32.1. The molecule has 0 amide bonds. The number of hydrogen-bond donors (Lipinski definition) is 1. The zero-order valence-electron chi connectivity index (χ0n) is 21.5. The number of imidazole rings is 1. The van der Waals surface area contributed by atoms with E-state index < -0.39 is 11.8 Å². The standard InChI is InChI=1S/C29H22FN5O5S/c1-31-19-6-5-18(21(30)12-19)16-40-26-4-2-3-22(32-26)17-7-9-34(27(36)11-17)15-25-33-28-23(13-24(41-28)29(37)38)35(25)14-20-8-10-39-20/h2-7,9,11-13,20H,8,10,14-16H2,(H,37,38). The number of nitrogens with zero attached hydrogens (tertiary/aromatic N) is 5. The molecular weight excluding hydrogens is 549 g/mol. The second-order valence-corrected chi connectivity index (χ2v) is 10.5. The molecule has 5 heterocycles. The van der Waals surface area contributed by atoms with Gasteiger partial charge in [0.1, 0.15) is 28.0 Å². The molecule has 5 aromatic rings. The van der Waals surface area contributed by atoms with E-state index in [9.17, 15) is 19.1 Å². The fraction of sp³-hybridized carbons (Fsp3) is 0.207. The van der Waals surface area contributed by atoms with Crippen molar-refractivity contribution in [3.63, 3.8) is 0 Å². The predicted molar refractivity (Wildman–Crippen MR) is 149 cm³/mol. The summed E-state index contributed by atoms with van der Waals surface area (Å²) in [4.78, 5) is 37.7. The summed E-state index contributed by atoms with van der Waals surface area (Å²) in [6, 6.07) is 14.2. The zero-order valence-corrected chi connectivity index (χ0v) is 22.3. The maximum atomic E-state index is 14.2. The van der Waals surface area contributed by atoms with Crippen LogP contribution in [0.2, 0.25) is 0 Å². The predicted octanol–water partition coefficient (Wildman–Crippen LogP) is 5.13. The Kier molecular flexibility index (Phi) is 7.05. The number of benzene rings is 1. The van der Waals surface area contributed by atoms with Crippen LogP contribution in [0.4, 0.5) is 10.1 Å². The smallest absolute Gasteiger partial charge is 0.346 e. The van der Waals surface area contributed by atoms with E-state index in [4.69, 9.17) is 16.0 Å². The van der Waals surface area contributed by atoms with Crippen LogP contribution in [0.5, 0.6) is 5.88 Å². The van der Waals surface area contributed by atoms with Gasteiger partial charge in [-0.05, 0) is 30.7 Å². The summed E-state index contributed by atoms with van der Waals surface area (Å²) in [7, 11) is 0. The van der Waals surface area contributed by atoms with E-state index in [0.29, 0.717) is 46.1 Å². The number of carbonyl (C=O) groups is 1. The minimum atomic E-state index is -1.00. The molecule has 10 nitrogen and oxygen atoms in total. The van der Waals surface area contributed by atoms with Gasteiger partial charge in [-0.2, -0.15) is 0 Å². The number of hydrogen-bond acceptors (Lipinski definition) is 7. The first kappa shape index (κ1) is 26.4. The van der Waals surface area contributed by atoms with E-state index in [-0.39, 0.29) is 41.3 Å². The van der Waals surface area contributed by atoms with Crippen molar-refractivity contribution in [3.8, 4) is 17.1 Å². The number of carboxylic acids is 1. The van der Waals surface area contributed by atoms with Gasteiger partial charge >= 0.3 is 5.97 Å². The summed E-state index contributed by atoms with van der Waals surface area (Å²) in [5.41, 5.74) is 2.06. The molecular formula is C29H22FN5O5S. The van der Waals surface area contributed by atoms with E-state index in [1.54, 1.807) is 36.5 Å². The number of aromatic nitrogens is 4. The Bertz CT molecular complexity index is 1880. The Labute approximate surface area is 236 Å². The van der Waals surface area contributed by atoms with Crippen molar-refractivity contribution in [3.05, 3.63) is 105 Å². The molecule has 1 unspecified atom stereocenters. The SMILES string of the molecule is [C-]#[N+]c1ccc(COc2cccc(-c3ccn(Cc4nc5sc(C(=O)O)cc5n4CC4CCO4)c(=O)c3)n2)c(F)c1. The van der Waals surface area contributed by atoms with Gasteiger partial charge in [-0.25, -0.2) is 24.0 Å². The number of thiophene rings is 1. The Balaban J connectivity index is 1.21. The van der Waals surface area contributed by atoms with E-state index in [1.807, 2.05) is 4.57 Å². The summed E-state index contributed by atoms with van der Waals surface area (Å²) in [5, 5.41) is 9.39. The molecule has 0 radical (unpaired) electrons. The van der Waals surface area contributed by atoms with Crippen molar-refractivity contribution < 1.29 is 23.8 Å². The zero-order chi connectivity index (χ0) is 28.5. The molecule has 12 heteroatoms. The van der Waals surface area contributed by atoms with Crippen LogP contribution in [-0.2, 0) is 24.4 Å². The highest BCUT2D eigenvalue weighted by Gasteiger charge is 2.24. The second kappa shape index (κ2) is 11.0. The number of pyridine rings is 2. The van der Waals surface area contributed by atoms with Crippen LogP contribution in [0.3, 0.4) is 0 Å². The molecule has 1 N–H and O–H groups in total. The normalized spacial score (nSPS) is 14.5. The minimum absolute atomic E-state index is 0.0219. The van der Waals surface area contributed by atoms with Crippen molar-refractivity contribution in [1.29, 1.82) is 0 Å². The maximum absolute atomic E-state index is 14.2. The van der Waals surface area contributed by atoms with Gasteiger partial charge in [-0.3, -0.25) is 4.79 Å². The molecule has 0 aliphatic carbocycles. The van der Waals surface area contributed by atoms with Gasteiger partial charge in [0.05, 0.1) is 37.0 Å². The van der Waals surface area contributed by atoms with Crippen LogP contribution < -0.4 is 10.3 Å². The highest BCUT2D eigenvalue weighted by Crippen LogP contribution is 2.29. The van der Waals surface area contributed by atoms with E-state index in [2.05, 4.69) is 14.8 Å². The third kappa shape index (κ3) is 5.45. The third-order valence-electron chi connectivity index (χ3n) is 6.79. The molecule has 1 saturated heterocycles. The first-order chi connectivity index (χ1) is 19.9. The molecule has 1 fully saturated rings. The number of fused-ring (bicyclic) bond motifs is 1. The molecule has 6 rings (SSSR count). The quantitative estimate of drug-likeness (QED) is 0.244. The summed E-state index contributed by atoms with van der Waals surface area (Å²) in [6.07, 6.45) is 2.59. The molecule has 41 heavy (non-hydrogen) atoms. The fourth-order valence-electron chi connectivity index (χ4n) is 4.50. The van der Waals surface area contributed by atoms with Crippen LogP contribution in [-0.4, -0.2) is 42.9 Å². The van der Waals surface area contributed by atoms with Crippen molar-refractivity contribution >= 4 is 33.3 Å². The minimum Gasteiger partial charge on any atom is -0.477 e. The fourth-order valence-corrected chi connectivity index (χ4v) is 5.40. The molecule has 4 aromatic heterocycles. The lowest BCUT2D eigenvalue weighted by atomic mass is 10.2. The van der Waals surface area contributed by atoms with E-state index in [0.717, 1.165) is 23.8 Å². The topological polar surface area (TPSA) is 113 Å². The number of carboxylic acid groups (broad SMARTS) is 1. The van der Waals surface area contributed by atoms with Crippen LogP contribution in [0.25, 0.3) is 26.4 Å². The third-order valence-corrected chi connectivity index (χ3v) is 7.79. The van der Waals surface area contributed by atoms with Crippen molar-refractivity contribution in [2.75, 3.05) is 6.61 Å². The van der Waals surface area contributed by atoms with E-state index >= 15 is 0 Å². The van der Waals surface area contributed by atoms with Crippen LogP contribution in [0.15, 0.2) is 65.6 Å². The number of rotatable bonds is 9. The summed E-state index contributed by atoms with van der Waals surface area (Å²) >= 11 is 1.10. The van der Waals surface area contributed by atoms with Crippen LogP contribution >= 0.6 is 11.3 Å². The lowest BCUT2D eigenvalue weighted by molar-refractivity contribution is -0.0590. The first-order valence-corrected chi connectivity index (χ1v) is 13.5. The summed E-state index contributed by atoms with van der Waals surface area (Å²) < 4.78 is 28.9. The van der Waals surface area contributed by atoms with Gasteiger partial charge in [0.25, 0.3) is 5.56 Å². The van der Waals surface area contributed by atoms with Gasteiger partial charge in [0.15, 0.2) is 5.69 Å². The van der Waals surface area contributed by atoms with Gasteiger partial charge in [0.2, 0.25) is 5.88 Å². The average Bonchev–Trinajstić information content (AvgIpc) is 3.49. The monoisotopic (exact) mass is 571 g/mol. The Morgan fingerprint density at radius 3 is 2.78 bits per heavy atom. The lowest BCUT2D eigenvalue weighted by Gasteiger charge is -2.27. The molecule has 0 spiro atoms. The highest BCUT2D eigenvalue weighted by molar-refractivity contribution is 7.20. The Hall–Kier alpha value is -4.86. The second-order valence-electron chi connectivity index (χ2n) is 9.45. The summed E-state index contributed by atoms with van der Waals surface area (Å²) in [6.45, 7) is 8.34. The van der Waals surface area contributed by atoms with Crippen molar-refractivity contribution in [2.45, 2.75) is 32.2 Å². The van der Waals surface area contributed by atoms with Gasteiger partial charge in [-0.1, -0.05) is 18.2 Å². The molecule has 1 atom stereocenters.